The standard InChI is InChI=1S/C15H19NO2S/c1-2-8-17-13-3-5-14(6-4-13)18-15(10-16)12-7-9-19-11-12/h3-7,9,11,15H,2,8,10,16H2,1H3. The Kier molecular flexibility index (Phi) is 5.24. The minimum atomic E-state index is -0.0892. The van der Waals surface area contributed by atoms with Crippen LogP contribution >= 0.6 is 11.3 Å². The van der Waals surface area contributed by atoms with Crippen LogP contribution in [-0.2, 0) is 0 Å². The topological polar surface area (TPSA) is 44.5 Å². The summed E-state index contributed by atoms with van der Waals surface area (Å²) >= 11 is 1.65. The number of hydrogen-bond acceptors (Lipinski definition) is 4. The van der Waals surface area contributed by atoms with Crippen molar-refractivity contribution in [1.82, 2.24) is 0 Å². The van der Waals surface area contributed by atoms with Gasteiger partial charge in [-0.15, -0.1) is 0 Å². The van der Waals surface area contributed by atoms with E-state index in [1.54, 1.807) is 11.3 Å². The summed E-state index contributed by atoms with van der Waals surface area (Å²) in [5.74, 6) is 1.68. The Morgan fingerprint density at radius 3 is 2.47 bits per heavy atom. The molecule has 4 heteroatoms. The Labute approximate surface area is 118 Å². The monoisotopic (exact) mass is 277 g/mol. The van der Waals surface area contributed by atoms with Gasteiger partial charge in [-0.05, 0) is 47.5 Å². The van der Waals surface area contributed by atoms with E-state index in [9.17, 15) is 0 Å². The van der Waals surface area contributed by atoms with Crippen LogP contribution in [0.4, 0.5) is 0 Å². The van der Waals surface area contributed by atoms with Crippen LogP contribution in [0, 0.1) is 0 Å². The molecule has 1 aromatic heterocycles. The number of hydrogen-bond donors (Lipinski definition) is 1. The predicted molar refractivity (Wildman–Crippen MR) is 79.0 cm³/mol. The molecule has 0 fully saturated rings. The summed E-state index contributed by atoms with van der Waals surface area (Å²) in [5, 5.41) is 4.10. The Bertz CT molecular complexity index is 467. The van der Waals surface area contributed by atoms with E-state index in [0.717, 1.165) is 30.1 Å². The number of nitrogens with two attached hydrogens (primary N) is 1. The van der Waals surface area contributed by atoms with Gasteiger partial charge in [-0.3, -0.25) is 0 Å². The fraction of sp³-hybridized carbons (Fsp3) is 0.333. The first kappa shape index (κ1) is 13.9. The summed E-state index contributed by atoms with van der Waals surface area (Å²) in [4.78, 5) is 0. The van der Waals surface area contributed by atoms with Gasteiger partial charge in [0.05, 0.1) is 6.61 Å². The third-order valence-corrected chi connectivity index (χ3v) is 3.41. The molecule has 1 heterocycles. The first-order valence-corrected chi connectivity index (χ1v) is 7.39. The van der Waals surface area contributed by atoms with Gasteiger partial charge in [0.2, 0.25) is 0 Å². The Balaban J connectivity index is 1.98. The normalized spacial score (nSPS) is 12.1. The molecule has 102 valence electrons. The predicted octanol–water partition coefficient (Wildman–Crippen LogP) is 3.62. The van der Waals surface area contributed by atoms with E-state index in [1.807, 2.05) is 35.7 Å². The van der Waals surface area contributed by atoms with E-state index < -0.39 is 0 Å². The molecule has 3 nitrogen and oxygen atoms in total. The Morgan fingerprint density at radius 1 is 1.16 bits per heavy atom. The highest BCUT2D eigenvalue weighted by Gasteiger charge is 2.11. The molecule has 2 N–H and O–H groups in total. The summed E-state index contributed by atoms with van der Waals surface area (Å²) < 4.78 is 11.4. The maximum absolute atomic E-state index is 5.89. The van der Waals surface area contributed by atoms with Gasteiger partial charge in [-0.25, -0.2) is 0 Å². The first-order chi connectivity index (χ1) is 9.33. The lowest BCUT2D eigenvalue weighted by Gasteiger charge is -2.16. The zero-order chi connectivity index (χ0) is 13.5. The largest absolute Gasteiger partial charge is 0.494 e. The summed E-state index contributed by atoms with van der Waals surface area (Å²) in [5.41, 5.74) is 6.89. The molecule has 0 radical (unpaired) electrons. The number of ether oxygens (including phenoxy) is 2. The quantitative estimate of drug-likeness (QED) is 0.840. The highest BCUT2D eigenvalue weighted by Crippen LogP contribution is 2.24. The van der Waals surface area contributed by atoms with Gasteiger partial charge < -0.3 is 15.2 Å². The molecule has 2 rings (SSSR count). The zero-order valence-corrected chi connectivity index (χ0v) is 11.9. The van der Waals surface area contributed by atoms with Gasteiger partial charge in [0.1, 0.15) is 17.6 Å². The van der Waals surface area contributed by atoms with Crippen molar-refractivity contribution in [2.75, 3.05) is 13.2 Å². The highest BCUT2D eigenvalue weighted by molar-refractivity contribution is 7.07. The lowest BCUT2D eigenvalue weighted by Crippen LogP contribution is -2.17. The lowest BCUT2D eigenvalue weighted by molar-refractivity contribution is 0.214. The van der Waals surface area contributed by atoms with E-state index >= 15 is 0 Å². The first-order valence-electron chi connectivity index (χ1n) is 6.45. The molecule has 0 amide bonds. The summed E-state index contributed by atoms with van der Waals surface area (Å²) in [7, 11) is 0. The smallest absolute Gasteiger partial charge is 0.137 e. The van der Waals surface area contributed by atoms with Crippen LogP contribution in [-0.4, -0.2) is 13.2 Å². The SMILES string of the molecule is CCCOc1ccc(OC(CN)c2ccsc2)cc1. The van der Waals surface area contributed by atoms with E-state index in [0.29, 0.717) is 6.54 Å². The van der Waals surface area contributed by atoms with Crippen molar-refractivity contribution >= 4 is 11.3 Å². The second-order valence-corrected chi connectivity index (χ2v) is 5.00. The average Bonchev–Trinajstić information content (AvgIpc) is 2.98. The molecule has 0 bridgehead atoms. The lowest BCUT2D eigenvalue weighted by atomic mass is 10.2. The van der Waals surface area contributed by atoms with Crippen molar-refractivity contribution in [1.29, 1.82) is 0 Å². The fourth-order valence-corrected chi connectivity index (χ4v) is 2.41. The number of rotatable bonds is 7. The number of thiophene rings is 1. The summed E-state index contributed by atoms with van der Waals surface area (Å²) in [6, 6.07) is 9.72. The van der Waals surface area contributed by atoms with Crippen molar-refractivity contribution in [2.24, 2.45) is 5.73 Å². The molecule has 0 aliphatic carbocycles. The van der Waals surface area contributed by atoms with Crippen LogP contribution in [0.3, 0.4) is 0 Å². The minimum Gasteiger partial charge on any atom is -0.494 e. The molecular weight excluding hydrogens is 258 g/mol. The van der Waals surface area contributed by atoms with Crippen molar-refractivity contribution in [2.45, 2.75) is 19.4 Å². The molecule has 1 atom stereocenters. The maximum atomic E-state index is 5.89. The van der Waals surface area contributed by atoms with Gasteiger partial charge >= 0.3 is 0 Å². The van der Waals surface area contributed by atoms with Crippen molar-refractivity contribution in [3.05, 3.63) is 46.7 Å². The molecular formula is C15H19NO2S. The van der Waals surface area contributed by atoms with E-state index in [-0.39, 0.29) is 6.10 Å². The van der Waals surface area contributed by atoms with Gasteiger partial charge in [-0.1, -0.05) is 6.92 Å². The molecule has 2 aromatic rings. The van der Waals surface area contributed by atoms with E-state index in [2.05, 4.69) is 12.3 Å². The van der Waals surface area contributed by atoms with Gasteiger partial charge in [0.15, 0.2) is 0 Å². The molecule has 0 spiro atoms. The second-order valence-electron chi connectivity index (χ2n) is 4.22. The fourth-order valence-electron chi connectivity index (χ4n) is 1.71. The summed E-state index contributed by atoms with van der Waals surface area (Å²) in [6.45, 7) is 3.29. The second kappa shape index (κ2) is 7.16. The van der Waals surface area contributed by atoms with E-state index in [1.165, 1.54) is 0 Å². The highest BCUT2D eigenvalue weighted by atomic mass is 32.1. The van der Waals surface area contributed by atoms with Crippen molar-refractivity contribution in [3.8, 4) is 11.5 Å². The molecule has 19 heavy (non-hydrogen) atoms. The van der Waals surface area contributed by atoms with Crippen LogP contribution in [0.15, 0.2) is 41.1 Å². The molecule has 0 aliphatic heterocycles. The van der Waals surface area contributed by atoms with Crippen LogP contribution < -0.4 is 15.2 Å². The van der Waals surface area contributed by atoms with Crippen molar-refractivity contribution < 1.29 is 9.47 Å². The van der Waals surface area contributed by atoms with Gasteiger partial charge in [0, 0.05) is 12.1 Å². The number of benzene rings is 1. The van der Waals surface area contributed by atoms with Crippen LogP contribution in [0.2, 0.25) is 0 Å². The van der Waals surface area contributed by atoms with Crippen LogP contribution in [0.1, 0.15) is 25.0 Å². The summed E-state index contributed by atoms with van der Waals surface area (Å²) in [6.07, 6.45) is 0.916. The third kappa shape index (κ3) is 3.98. The Morgan fingerprint density at radius 2 is 1.89 bits per heavy atom. The molecule has 0 aliphatic rings. The molecule has 0 saturated carbocycles. The maximum Gasteiger partial charge on any atom is 0.137 e. The van der Waals surface area contributed by atoms with Gasteiger partial charge in [0.25, 0.3) is 0 Å². The molecule has 0 saturated heterocycles. The third-order valence-electron chi connectivity index (χ3n) is 2.70. The van der Waals surface area contributed by atoms with Crippen molar-refractivity contribution in [3.63, 3.8) is 0 Å². The zero-order valence-electron chi connectivity index (χ0n) is 11.0. The average molecular weight is 277 g/mol. The minimum absolute atomic E-state index is 0.0892. The van der Waals surface area contributed by atoms with Crippen LogP contribution in [0.5, 0.6) is 11.5 Å². The molecule has 1 aromatic carbocycles. The Hall–Kier alpha value is -1.52. The van der Waals surface area contributed by atoms with Crippen LogP contribution in [0.25, 0.3) is 0 Å². The van der Waals surface area contributed by atoms with E-state index in [4.69, 9.17) is 15.2 Å². The molecule has 1 unspecified atom stereocenters. The van der Waals surface area contributed by atoms with Gasteiger partial charge in [-0.2, -0.15) is 11.3 Å².